The minimum atomic E-state index is 0.249. The van der Waals surface area contributed by atoms with Crippen LogP contribution in [0.5, 0.6) is 0 Å². The van der Waals surface area contributed by atoms with Crippen molar-refractivity contribution in [3.05, 3.63) is 16.4 Å². The molecule has 3 nitrogen and oxygen atoms in total. The van der Waals surface area contributed by atoms with Crippen molar-refractivity contribution in [3.63, 3.8) is 0 Å². The molecule has 0 fully saturated rings. The summed E-state index contributed by atoms with van der Waals surface area (Å²) in [6.07, 6.45) is 2.16. The fourth-order valence-electron chi connectivity index (χ4n) is 0.849. The Bertz CT molecular complexity index is 258. The quantitative estimate of drug-likeness (QED) is 0.799. The van der Waals surface area contributed by atoms with Gasteiger partial charge in [-0.3, -0.25) is 4.68 Å². The Balaban J connectivity index is 2.57. The van der Waals surface area contributed by atoms with Crippen LogP contribution in [0.15, 0.2) is 10.7 Å². The highest BCUT2D eigenvalue weighted by atomic mass is 79.9. The first-order chi connectivity index (χ1) is 5.59. The minimum absolute atomic E-state index is 0.249. The van der Waals surface area contributed by atoms with Gasteiger partial charge in [-0.15, -0.1) is 0 Å². The molecule has 1 aromatic heterocycles. The lowest BCUT2D eigenvalue weighted by molar-refractivity contribution is 0.0630. The van der Waals surface area contributed by atoms with E-state index in [-0.39, 0.29) is 6.10 Å². The first-order valence-electron chi connectivity index (χ1n) is 3.89. The Kier molecular flexibility index (Phi) is 3.29. The maximum atomic E-state index is 5.42. The molecule has 0 aliphatic rings. The monoisotopic (exact) mass is 232 g/mol. The zero-order valence-electron chi connectivity index (χ0n) is 7.54. The van der Waals surface area contributed by atoms with Crippen molar-refractivity contribution in [1.82, 2.24) is 9.78 Å². The van der Waals surface area contributed by atoms with Crippen LogP contribution in [0, 0.1) is 0 Å². The predicted octanol–water partition coefficient (Wildman–Crippen LogP) is 2.11. The second kappa shape index (κ2) is 4.05. The third-order valence-electron chi connectivity index (χ3n) is 1.41. The molecule has 1 heterocycles. The summed E-state index contributed by atoms with van der Waals surface area (Å²) in [4.78, 5) is 0. The van der Waals surface area contributed by atoms with Gasteiger partial charge in [0.15, 0.2) is 0 Å². The van der Waals surface area contributed by atoms with Gasteiger partial charge in [0.25, 0.3) is 0 Å². The zero-order chi connectivity index (χ0) is 9.14. The van der Waals surface area contributed by atoms with E-state index in [1.165, 1.54) is 0 Å². The molecular weight excluding hydrogens is 220 g/mol. The Morgan fingerprint density at radius 3 is 2.75 bits per heavy atom. The summed E-state index contributed by atoms with van der Waals surface area (Å²) in [7, 11) is 1.89. The maximum Gasteiger partial charge on any atom is 0.102 e. The van der Waals surface area contributed by atoms with Crippen LogP contribution < -0.4 is 0 Å². The number of halogens is 1. The minimum Gasteiger partial charge on any atom is -0.372 e. The molecule has 68 valence electrons. The first kappa shape index (κ1) is 9.74. The molecule has 0 aliphatic carbocycles. The Labute approximate surface area is 80.8 Å². The smallest absolute Gasteiger partial charge is 0.102 e. The lowest BCUT2D eigenvalue weighted by Crippen LogP contribution is -2.03. The van der Waals surface area contributed by atoms with E-state index in [1.807, 2.05) is 27.1 Å². The summed E-state index contributed by atoms with van der Waals surface area (Å²) < 4.78 is 8.19. The van der Waals surface area contributed by atoms with Gasteiger partial charge >= 0.3 is 0 Å². The second-order valence-corrected chi connectivity index (χ2v) is 3.81. The molecular formula is C8H13BrN2O. The lowest BCUT2D eigenvalue weighted by atomic mass is 10.4. The summed E-state index contributed by atoms with van der Waals surface area (Å²) >= 11 is 3.40. The van der Waals surface area contributed by atoms with E-state index < -0.39 is 0 Å². The van der Waals surface area contributed by atoms with E-state index in [0.29, 0.717) is 6.61 Å². The van der Waals surface area contributed by atoms with Crippen molar-refractivity contribution in [3.8, 4) is 0 Å². The molecule has 0 saturated heterocycles. The molecule has 0 radical (unpaired) electrons. The topological polar surface area (TPSA) is 27.1 Å². The average Bonchev–Trinajstić information content (AvgIpc) is 2.26. The number of ether oxygens (including phenoxy) is 1. The summed E-state index contributed by atoms with van der Waals surface area (Å²) in [5.41, 5.74) is 0.950. The van der Waals surface area contributed by atoms with Gasteiger partial charge in [-0.2, -0.15) is 5.10 Å². The number of nitrogens with zero attached hydrogens (tertiary/aromatic N) is 2. The fourth-order valence-corrected chi connectivity index (χ4v) is 1.34. The van der Waals surface area contributed by atoms with Gasteiger partial charge in [0.05, 0.1) is 17.2 Å². The van der Waals surface area contributed by atoms with Gasteiger partial charge in [0.1, 0.15) is 5.69 Å². The molecule has 0 bridgehead atoms. The van der Waals surface area contributed by atoms with Crippen LogP contribution in [0.4, 0.5) is 0 Å². The molecule has 0 aromatic carbocycles. The standard InChI is InChI=1S/C8H13BrN2O/c1-6(2)12-5-8-7(9)4-11(3)10-8/h4,6H,5H2,1-3H3. The molecule has 0 aliphatic heterocycles. The van der Waals surface area contributed by atoms with Gasteiger partial charge in [-0.25, -0.2) is 0 Å². The van der Waals surface area contributed by atoms with Crippen molar-refractivity contribution in [2.45, 2.75) is 26.6 Å². The largest absolute Gasteiger partial charge is 0.372 e. The van der Waals surface area contributed by atoms with Crippen molar-refractivity contribution >= 4 is 15.9 Å². The van der Waals surface area contributed by atoms with Crippen molar-refractivity contribution in [2.24, 2.45) is 7.05 Å². The van der Waals surface area contributed by atoms with Crippen LogP contribution in [0.25, 0.3) is 0 Å². The Morgan fingerprint density at radius 2 is 2.33 bits per heavy atom. The highest BCUT2D eigenvalue weighted by Crippen LogP contribution is 2.15. The normalized spacial score (nSPS) is 11.1. The van der Waals surface area contributed by atoms with Crippen LogP contribution in [-0.2, 0) is 18.4 Å². The van der Waals surface area contributed by atoms with Crippen molar-refractivity contribution < 1.29 is 4.74 Å². The van der Waals surface area contributed by atoms with Crippen LogP contribution in [0.1, 0.15) is 19.5 Å². The molecule has 0 N–H and O–H groups in total. The second-order valence-electron chi connectivity index (χ2n) is 2.96. The third kappa shape index (κ3) is 2.60. The third-order valence-corrected chi connectivity index (χ3v) is 2.07. The highest BCUT2D eigenvalue weighted by molar-refractivity contribution is 9.10. The average molecular weight is 233 g/mol. The van der Waals surface area contributed by atoms with Gasteiger partial charge < -0.3 is 4.74 Å². The fraction of sp³-hybridized carbons (Fsp3) is 0.625. The summed E-state index contributed by atoms with van der Waals surface area (Å²) in [5, 5.41) is 4.23. The number of aryl methyl sites for hydroxylation is 1. The molecule has 0 saturated carbocycles. The predicted molar refractivity (Wildman–Crippen MR) is 50.8 cm³/mol. The summed E-state index contributed by atoms with van der Waals surface area (Å²) in [6.45, 7) is 4.59. The molecule has 0 atom stereocenters. The van der Waals surface area contributed by atoms with Gasteiger partial charge in [0, 0.05) is 13.2 Å². The molecule has 0 amide bonds. The van der Waals surface area contributed by atoms with Crippen LogP contribution in [0.3, 0.4) is 0 Å². The van der Waals surface area contributed by atoms with E-state index in [2.05, 4.69) is 21.0 Å². The number of rotatable bonds is 3. The number of aromatic nitrogens is 2. The molecule has 12 heavy (non-hydrogen) atoms. The highest BCUT2D eigenvalue weighted by Gasteiger charge is 2.05. The van der Waals surface area contributed by atoms with Gasteiger partial charge in [-0.05, 0) is 29.8 Å². The van der Waals surface area contributed by atoms with Gasteiger partial charge in [0.2, 0.25) is 0 Å². The van der Waals surface area contributed by atoms with Gasteiger partial charge in [-0.1, -0.05) is 0 Å². The number of hydrogen-bond donors (Lipinski definition) is 0. The molecule has 1 rings (SSSR count). The van der Waals surface area contributed by atoms with Crippen molar-refractivity contribution in [2.75, 3.05) is 0 Å². The lowest BCUT2D eigenvalue weighted by Gasteiger charge is -2.04. The molecule has 0 unspecified atom stereocenters. The first-order valence-corrected chi connectivity index (χ1v) is 4.68. The molecule has 4 heteroatoms. The Hall–Kier alpha value is -0.350. The number of hydrogen-bond acceptors (Lipinski definition) is 2. The van der Waals surface area contributed by atoms with Crippen LogP contribution in [0.2, 0.25) is 0 Å². The Morgan fingerprint density at radius 1 is 1.67 bits per heavy atom. The SMILES string of the molecule is CC(C)OCc1nn(C)cc1Br. The van der Waals surface area contributed by atoms with Crippen molar-refractivity contribution in [1.29, 1.82) is 0 Å². The summed E-state index contributed by atoms with van der Waals surface area (Å²) in [5.74, 6) is 0. The van der Waals surface area contributed by atoms with E-state index >= 15 is 0 Å². The van der Waals surface area contributed by atoms with E-state index in [9.17, 15) is 0 Å². The van der Waals surface area contributed by atoms with E-state index in [1.54, 1.807) is 4.68 Å². The molecule has 0 spiro atoms. The maximum absolute atomic E-state index is 5.42. The zero-order valence-corrected chi connectivity index (χ0v) is 9.13. The van der Waals surface area contributed by atoms with Crippen LogP contribution >= 0.6 is 15.9 Å². The van der Waals surface area contributed by atoms with Crippen LogP contribution in [-0.4, -0.2) is 15.9 Å². The van der Waals surface area contributed by atoms with E-state index in [0.717, 1.165) is 10.2 Å². The van der Waals surface area contributed by atoms with E-state index in [4.69, 9.17) is 4.74 Å². The molecule has 1 aromatic rings. The summed E-state index contributed by atoms with van der Waals surface area (Å²) in [6, 6.07) is 0.